The average molecular weight is 261 g/mol. The van der Waals surface area contributed by atoms with Crippen LogP contribution in [0.2, 0.25) is 0 Å². The number of rotatable bonds is 5. The molecule has 2 N–H and O–H groups in total. The van der Waals surface area contributed by atoms with Crippen molar-refractivity contribution in [2.24, 2.45) is 0 Å². The zero-order chi connectivity index (χ0) is 12.1. The Hall–Kier alpha value is -0.660. The predicted molar refractivity (Wildman–Crippen MR) is 66.0 cm³/mol. The Balaban J connectivity index is 2.61. The van der Waals surface area contributed by atoms with E-state index in [9.17, 15) is 4.79 Å². The molecule has 1 aromatic heterocycles. The third kappa shape index (κ3) is 3.16. The van der Waals surface area contributed by atoms with Gasteiger partial charge in [-0.15, -0.1) is 5.10 Å². The Morgan fingerprint density at radius 1 is 1.69 bits per heavy atom. The van der Waals surface area contributed by atoms with Crippen LogP contribution in [-0.4, -0.2) is 44.8 Å². The van der Waals surface area contributed by atoms with Gasteiger partial charge in [0, 0.05) is 11.3 Å². The van der Waals surface area contributed by atoms with Crippen molar-refractivity contribution < 1.29 is 9.90 Å². The van der Waals surface area contributed by atoms with Gasteiger partial charge < -0.3 is 10.4 Å². The van der Waals surface area contributed by atoms with E-state index in [4.69, 9.17) is 5.11 Å². The number of aromatic nitrogens is 2. The molecule has 1 rings (SSSR count). The second-order valence-electron chi connectivity index (χ2n) is 3.41. The van der Waals surface area contributed by atoms with Crippen LogP contribution in [0.3, 0.4) is 0 Å². The minimum absolute atomic E-state index is 0.00476. The zero-order valence-corrected chi connectivity index (χ0v) is 11.1. The molecular formula is C9H15N3O2S2. The first-order valence-corrected chi connectivity index (χ1v) is 6.89. The van der Waals surface area contributed by atoms with Crippen LogP contribution < -0.4 is 5.32 Å². The molecule has 1 heterocycles. The van der Waals surface area contributed by atoms with Gasteiger partial charge >= 0.3 is 0 Å². The summed E-state index contributed by atoms with van der Waals surface area (Å²) in [6.45, 7) is 3.67. The van der Waals surface area contributed by atoms with Crippen LogP contribution in [0.4, 0.5) is 0 Å². The minimum atomic E-state index is -0.174. The number of nitrogens with one attached hydrogen (secondary N) is 1. The second-order valence-corrected chi connectivity index (χ2v) is 5.24. The predicted octanol–water partition coefficient (Wildman–Crippen LogP) is 0.689. The van der Waals surface area contributed by atoms with Gasteiger partial charge in [0.15, 0.2) is 0 Å². The molecule has 0 aliphatic heterocycles. The fourth-order valence-corrected chi connectivity index (χ4v) is 2.43. The Kier molecular flexibility index (Phi) is 5.17. The lowest BCUT2D eigenvalue weighted by atomic mass is 10.2. The first-order chi connectivity index (χ1) is 7.60. The SMILES string of the molecule is CSC(CO)C(C)NC(=O)c1snnc1C. The summed E-state index contributed by atoms with van der Waals surface area (Å²) in [5.74, 6) is -0.174. The third-order valence-electron chi connectivity index (χ3n) is 2.26. The number of nitrogens with zero attached hydrogens (tertiary/aromatic N) is 2. The van der Waals surface area contributed by atoms with E-state index in [0.29, 0.717) is 10.6 Å². The highest BCUT2D eigenvalue weighted by Crippen LogP contribution is 2.13. The Bertz CT molecular complexity index is 352. The topological polar surface area (TPSA) is 75.1 Å². The van der Waals surface area contributed by atoms with Crippen LogP contribution in [0.1, 0.15) is 22.3 Å². The summed E-state index contributed by atoms with van der Waals surface area (Å²) in [5, 5.41) is 15.7. The molecule has 0 bridgehead atoms. The molecule has 5 nitrogen and oxygen atoms in total. The van der Waals surface area contributed by atoms with Crippen molar-refractivity contribution in [2.75, 3.05) is 12.9 Å². The van der Waals surface area contributed by atoms with E-state index in [2.05, 4.69) is 14.9 Å². The number of aliphatic hydroxyl groups is 1. The van der Waals surface area contributed by atoms with Gasteiger partial charge in [0.25, 0.3) is 5.91 Å². The van der Waals surface area contributed by atoms with Gasteiger partial charge in [-0.25, -0.2) is 0 Å². The molecule has 2 atom stereocenters. The largest absolute Gasteiger partial charge is 0.395 e. The Labute approximate surface area is 103 Å². The Morgan fingerprint density at radius 2 is 2.38 bits per heavy atom. The minimum Gasteiger partial charge on any atom is -0.395 e. The maximum absolute atomic E-state index is 11.8. The second kappa shape index (κ2) is 6.17. The molecule has 7 heteroatoms. The first kappa shape index (κ1) is 13.4. The smallest absolute Gasteiger partial charge is 0.265 e. The van der Waals surface area contributed by atoms with Crippen molar-refractivity contribution in [1.29, 1.82) is 0 Å². The van der Waals surface area contributed by atoms with Crippen molar-refractivity contribution in [2.45, 2.75) is 25.1 Å². The van der Waals surface area contributed by atoms with Crippen LogP contribution in [0.15, 0.2) is 0 Å². The summed E-state index contributed by atoms with van der Waals surface area (Å²) in [7, 11) is 0. The molecular weight excluding hydrogens is 246 g/mol. The quantitative estimate of drug-likeness (QED) is 0.815. The molecule has 0 fully saturated rings. The summed E-state index contributed by atoms with van der Waals surface area (Å²) in [6.07, 6.45) is 1.91. The van der Waals surface area contributed by atoms with Gasteiger partial charge in [0.1, 0.15) is 4.88 Å². The van der Waals surface area contributed by atoms with Crippen molar-refractivity contribution in [3.63, 3.8) is 0 Å². The molecule has 0 aliphatic carbocycles. The van der Waals surface area contributed by atoms with E-state index in [1.54, 1.807) is 6.92 Å². The molecule has 1 amide bonds. The normalized spacial score (nSPS) is 14.5. The van der Waals surface area contributed by atoms with E-state index in [0.717, 1.165) is 11.5 Å². The summed E-state index contributed by atoms with van der Waals surface area (Å²) in [4.78, 5) is 12.3. The molecule has 1 aromatic rings. The number of hydrogen-bond acceptors (Lipinski definition) is 6. The zero-order valence-electron chi connectivity index (χ0n) is 9.43. The number of amides is 1. The van der Waals surface area contributed by atoms with Crippen molar-refractivity contribution in [3.05, 3.63) is 10.6 Å². The fourth-order valence-electron chi connectivity index (χ4n) is 1.24. The van der Waals surface area contributed by atoms with E-state index in [1.165, 1.54) is 11.8 Å². The Morgan fingerprint density at radius 3 is 2.81 bits per heavy atom. The number of carbonyl (C=O) groups excluding carboxylic acids is 1. The van der Waals surface area contributed by atoms with Crippen LogP contribution in [0, 0.1) is 6.92 Å². The van der Waals surface area contributed by atoms with Gasteiger partial charge in [0.05, 0.1) is 12.3 Å². The van der Waals surface area contributed by atoms with E-state index < -0.39 is 0 Å². The van der Waals surface area contributed by atoms with E-state index in [-0.39, 0.29) is 23.8 Å². The average Bonchev–Trinajstić information content (AvgIpc) is 2.66. The number of hydrogen-bond donors (Lipinski definition) is 2. The van der Waals surface area contributed by atoms with Crippen molar-refractivity contribution >= 4 is 29.2 Å². The molecule has 0 aliphatic rings. The number of aryl methyl sites for hydroxylation is 1. The van der Waals surface area contributed by atoms with E-state index >= 15 is 0 Å². The molecule has 90 valence electrons. The standard InChI is InChI=1S/C9H15N3O2S2/c1-5(7(4-13)15-3)10-9(14)8-6(2)11-12-16-8/h5,7,13H,4H2,1-3H3,(H,10,14). The van der Waals surface area contributed by atoms with Gasteiger partial charge in [-0.3, -0.25) is 4.79 Å². The highest BCUT2D eigenvalue weighted by Gasteiger charge is 2.20. The lowest BCUT2D eigenvalue weighted by Gasteiger charge is -2.20. The molecule has 0 saturated heterocycles. The summed E-state index contributed by atoms with van der Waals surface area (Å²) in [5.41, 5.74) is 0.638. The van der Waals surface area contributed by atoms with Crippen LogP contribution in [-0.2, 0) is 0 Å². The van der Waals surface area contributed by atoms with Crippen LogP contribution in [0.25, 0.3) is 0 Å². The molecule has 16 heavy (non-hydrogen) atoms. The van der Waals surface area contributed by atoms with Gasteiger partial charge in [-0.2, -0.15) is 11.8 Å². The van der Waals surface area contributed by atoms with Crippen LogP contribution >= 0.6 is 23.3 Å². The molecule has 0 radical (unpaired) electrons. The first-order valence-electron chi connectivity index (χ1n) is 4.83. The number of carbonyl (C=O) groups is 1. The number of aliphatic hydroxyl groups excluding tert-OH is 1. The van der Waals surface area contributed by atoms with Gasteiger partial charge in [-0.05, 0) is 31.6 Å². The molecule has 0 spiro atoms. The number of thioether (sulfide) groups is 1. The highest BCUT2D eigenvalue weighted by molar-refractivity contribution is 7.99. The molecule has 0 aromatic carbocycles. The van der Waals surface area contributed by atoms with E-state index in [1.807, 2.05) is 13.2 Å². The van der Waals surface area contributed by atoms with Crippen molar-refractivity contribution in [3.8, 4) is 0 Å². The fraction of sp³-hybridized carbons (Fsp3) is 0.667. The lowest BCUT2D eigenvalue weighted by Crippen LogP contribution is -2.41. The van der Waals surface area contributed by atoms with Crippen molar-refractivity contribution in [1.82, 2.24) is 14.9 Å². The lowest BCUT2D eigenvalue weighted by molar-refractivity contribution is 0.0939. The summed E-state index contributed by atoms with van der Waals surface area (Å²) >= 11 is 2.61. The maximum atomic E-state index is 11.8. The third-order valence-corrected chi connectivity index (χ3v) is 4.25. The molecule has 2 unspecified atom stereocenters. The monoisotopic (exact) mass is 261 g/mol. The summed E-state index contributed by atoms with van der Waals surface area (Å²) in [6, 6.07) is -0.0889. The van der Waals surface area contributed by atoms with Gasteiger partial charge in [0.2, 0.25) is 0 Å². The maximum Gasteiger partial charge on any atom is 0.265 e. The summed E-state index contributed by atoms with van der Waals surface area (Å²) < 4.78 is 3.71. The highest BCUT2D eigenvalue weighted by atomic mass is 32.2. The van der Waals surface area contributed by atoms with Gasteiger partial charge in [-0.1, -0.05) is 4.49 Å². The molecule has 0 saturated carbocycles. The van der Waals surface area contributed by atoms with Crippen LogP contribution in [0.5, 0.6) is 0 Å².